The van der Waals surface area contributed by atoms with E-state index in [1.165, 1.54) is 6.20 Å². The Balaban J connectivity index is 2.38. The molecule has 82 valence electrons. The number of halogens is 2. The zero-order chi connectivity index (χ0) is 11.5. The molecule has 0 aliphatic heterocycles. The third-order valence-corrected chi connectivity index (χ3v) is 2.56. The highest BCUT2D eigenvalue weighted by molar-refractivity contribution is 6.32. The minimum Gasteiger partial charge on any atom is -0.382 e. The van der Waals surface area contributed by atoms with Crippen LogP contribution in [0.5, 0.6) is 0 Å². The summed E-state index contributed by atoms with van der Waals surface area (Å²) in [5, 5.41) is 10.4. The fraction of sp³-hybridized carbons (Fsp3) is 0.0909. The molecule has 0 saturated carbocycles. The average molecular weight is 255 g/mol. The maximum absolute atomic E-state index is 10.0. The smallest absolute Gasteiger partial charge is 0.155 e. The summed E-state index contributed by atoms with van der Waals surface area (Å²) in [4.78, 5) is 7.81. The van der Waals surface area contributed by atoms with Gasteiger partial charge in [-0.1, -0.05) is 53.5 Å². The molecule has 1 unspecified atom stereocenters. The van der Waals surface area contributed by atoms with Crippen molar-refractivity contribution in [1.82, 2.24) is 9.97 Å². The molecule has 0 radical (unpaired) electrons. The molecule has 2 aromatic rings. The molecule has 1 atom stereocenters. The Kier molecular flexibility index (Phi) is 3.39. The molecule has 5 heteroatoms. The first-order valence-corrected chi connectivity index (χ1v) is 5.35. The quantitative estimate of drug-likeness (QED) is 0.897. The van der Waals surface area contributed by atoms with Crippen LogP contribution in [0.3, 0.4) is 0 Å². The predicted molar refractivity (Wildman–Crippen MR) is 62.6 cm³/mol. The molecule has 1 N–H and O–H groups in total. The maximum atomic E-state index is 10.0. The fourth-order valence-corrected chi connectivity index (χ4v) is 1.75. The molecule has 1 aromatic heterocycles. The second-order valence-electron chi connectivity index (χ2n) is 3.18. The maximum Gasteiger partial charge on any atom is 0.155 e. The van der Waals surface area contributed by atoms with E-state index in [4.69, 9.17) is 23.2 Å². The molecular weight excluding hydrogens is 247 g/mol. The van der Waals surface area contributed by atoms with Crippen molar-refractivity contribution in [3.63, 3.8) is 0 Å². The van der Waals surface area contributed by atoms with Gasteiger partial charge < -0.3 is 5.11 Å². The van der Waals surface area contributed by atoms with E-state index in [-0.39, 0.29) is 10.3 Å². The van der Waals surface area contributed by atoms with Crippen LogP contribution in [0.15, 0.2) is 36.5 Å². The second kappa shape index (κ2) is 4.78. The first kappa shape index (κ1) is 11.3. The Morgan fingerprint density at radius 3 is 2.44 bits per heavy atom. The van der Waals surface area contributed by atoms with Crippen LogP contribution in [0, 0.1) is 0 Å². The Labute approximate surface area is 103 Å². The van der Waals surface area contributed by atoms with Gasteiger partial charge in [0.05, 0.1) is 6.20 Å². The number of aromatic nitrogens is 2. The average Bonchev–Trinajstić information content (AvgIpc) is 2.29. The molecule has 3 nitrogen and oxygen atoms in total. The Bertz CT molecular complexity index is 491. The molecule has 0 bridgehead atoms. The number of nitrogens with zero attached hydrogens (tertiary/aromatic N) is 2. The Morgan fingerprint density at radius 1 is 1.12 bits per heavy atom. The summed E-state index contributed by atoms with van der Waals surface area (Å²) in [6.45, 7) is 0. The molecule has 1 heterocycles. The molecular formula is C11H8Cl2N2O. The SMILES string of the molecule is OC(c1ccccc1)c1ncc(Cl)nc1Cl. The van der Waals surface area contributed by atoms with Crippen LogP contribution in [0.2, 0.25) is 10.3 Å². The summed E-state index contributed by atoms with van der Waals surface area (Å²) in [6, 6.07) is 9.10. The molecule has 0 fully saturated rings. The van der Waals surface area contributed by atoms with Crippen LogP contribution in [-0.2, 0) is 0 Å². The normalized spacial score (nSPS) is 12.4. The van der Waals surface area contributed by atoms with E-state index < -0.39 is 6.10 Å². The monoisotopic (exact) mass is 254 g/mol. The Morgan fingerprint density at radius 2 is 1.81 bits per heavy atom. The van der Waals surface area contributed by atoms with E-state index in [9.17, 15) is 5.11 Å². The van der Waals surface area contributed by atoms with Crippen LogP contribution in [0.4, 0.5) is 0 Å². The van der Waals surface area contributed by atoms with E-state index in [0.717, 1.165) is 0 Å². The van der Waals surface area contributed by atoms with Crippen molar-refractivity contribution in [2.75, 3.05) is 0 Å². The summed E-state index contributed by atoms with van der Waals surface area (Å²) >= 11 is 11.5. The summed E-state index contributed by atoms with van der Waals surface area (Å²) in [5.74, 6) is 0. The molecule has 0 aliphatic carbocycles. The van der Waals surface area contributed by atoms with Crippen LogP contribution in [-0.4, -0.2) is 15.1 Å². The summed E-state index contributed by atoms with van der Waals surface area (Å²) in [5.41, 5.74) is 1.01. The van der Waals surface area contributed by atoms with Crippen molar-refractivity contribution in [3.05, 3.63) is 58.1 Å². The van der Waals surface area contributed by atoms with Gasteiger partial charge in [0.15, 0.2) is 5.15 Å². The van der Waals surface area contributed by atoms with E-state index in [1.54, 1.807) is 12.1 Å². The van der Waals surface area contributed by atoms with Gasteiger partial charge in [0, 0.05) is 0 Å². The lowest BCUT2D eigenvalue weighted by molar-refractivity contribution is 0.215. The summed E-state index contributed by atoms with van der Waals surface area (Å²) < 4.78 is 0. The zero-order valence-corrected chi connectivity index (χ0v) is 9.65. The number of aliphatic hydroxyl groups is 1. The van der Waals surface area contributed by atoms with Crippen molar-refractivity contribution in [2.45, 2.75) is 6.10 Å². The van der Waals surface area contributed by atoms with Gasteiger partial charge in [-0.25, -0.2) is 4.98 Å². The first-order chi connectivity index (χ1) is 7.68. The number of hydrogen-bond acceptors (Lipinski definition) is 3. The van der Waals surface area contributed by atoms with Crippen LogP contribution < -0.4 is 0 Å². The van der Waals surface area contributed by atoms with E-state index in [0.29, 0.717) is 11.3 Å². The summed E-state index contributed by atoms with van der Waals surface area (Å²) in [6.07, 6.45) is 0.466. The highest BCUT2D eigenvalue weighted by Crippen LogP contribution is 2.25. The van der Waals surface area contributed by atoms with Crippen LogP contribution in [0.25, 0.3) is 0 Å². The molecule has 1 aromatic carbocycles. The molecule has 0 aliphatic rings. The minimum absolute atomic E-state index is 0.115. The minimum atomic E-state index is -0.890. The lowest BCUT2D eigenvalue weighted by atomic mass is 10.1. The van der Waals surface area contributed by atoms with Crippen LogP contribution in [0.1, 0.15) is 17.4 Å². The third kappa shape index (κ3) is 2.32. The van der Waals surface area contributed by atoms with E-state index >= 15 is 0 Å². The van der Waals surface area contributed by atoms with Gasteiger partial charge >= 0.3 is 0 Å². The number of hydrogen-bond donors (Lipinski definition) is 1. The van der Waals surface area contributed by atoms with Gasteiger partial charge in [0.2, 0.25) is 0 Å². The van der Waals surface area contributed by atoms with Gasteiger partial charge in [-0.05, 0) is 5.56 Å². The fourth-order valence-electron chi connectivity index (χ4n) is 1.33. The molecule has 0 amide bonds. The lowest BCUT2D eigenvalue weighted by Crippen LogP contribution is -2.04. The van der Waals surface area contributed by atoms with Crippen molar-refractivity contribution >= 4 is 23.2 Å². The molecule has 2 rings (SSSR count). The number of rotatable bonds is 2. The van der Waals surface area contributed by atoms with E-state index in [2.05, 4.69) is 9.97 Å². The Hall–Kier alpha value is -1.16. The van der Waals surface area contributed by atoms with Crippen molar-refractivity contribution in [3.8, 4) is 0 Å². The highest BCUT2D eigenvalue weighted by atomic mass is 35.5. The first-order valence-electron chi connectivity index (χ1n) is 4.59. The van der Waals surface area contributed by atoms with Crippen molar-refractivity contribution in [2.24, 2.45) is 0 Å². The number of aliphatic hydroxyl groups excluding tert-OH is 1. The van der Waals surface area contributed by atoms with Gasteiger partial charge in [0.1, 0.15) is 17.0 Å². The van der Waals surface area contributed by atoms with Gasteiger partial charge in [0.25, 0.3) is 0 Å². The van der Waals surface area contributed by atoms with Gasteiger partial charge in [-0.15, -0.1) is 0 Å². The molecule has 0 spiro atoms. The largest absolute Gasteiger partial charge is 0.382 e. The second-order valence-corrected chi connectivity index (χ2v) is 3.93. The molecule has 0 saturated heterocycles. The zero-order valence-electron chi connectivity index (χ0n) is 8.14. The van der Waals surface area contributed by atoms with Gasteiger partial charge in [-0.2, -0.15) is 0 Å². The van der Waals surface area contributed by atoms with Crippen LogP contribution >= 0.6 is 23.2 Å². The standard InChI is InChI=1S/C11H8Cl2N2O/c12-8-6-14-9(11(13)15-8)10(16)7-4-2-1-3-5-7/h1-6,10,16H. The number of benzene rings is 1. The van der Waals surface area contributed by atoms with E-state index in [1.807, 2.05) is 18.2 Å². The van der Waals surface area contributed by atoms with Crippen molar-refractivity contribution in [1.29, 1.82) is 0 Å². The van der Waals surface area contributed by atoms with Gasteiger partial charge in [-0.3, -0.25) is 4.98 Å². The highest BCUT2D eigenvalue weighted by Gasteiger charge is 2.16. The molecule has 16 heavy (non-hydrogen) atoms. The predicted octanol–water partition coefficient (Wildman–Crippen LogP) is 2.87. The summed E-state index contributed by atoms with van der Waals surface area (Å²) in [7, 11) is 0. The lowest BCUT2D eigenvalue weighted by Gasteiger charge is -2.11. The third-order valence-electron chi connectivity index (χ3n) is 2.10. The topological polar surface area (TPSA) is 46.0 Å². The van der Waals surface area contributed by atoms with Crippen molar-refractivity contribution < 1.29 is 5.11 Å².